The minimum absolute atomic E-state index is 0.129. The maximum absolute atomic E-state index is 12.2. The molecule has 134 valence electrons. The summed E-state index contributed by atoms with van der Waals surface area (Å²) in [7, 11) is 1.52. The summed E-state index contributed by atoms with van der Waals surface area (Å²) in [5, 5.41) is 6.52. The summed E-state index contributed by atoms with van der Waals surface area (Å²) in [6.07, 6.45) is 4.71. The van der Waals surface area contributed by atoms with Crippen LogP contribution in [0, 0.1) is 6.92 Å². The van der Waals surface area contributed by atoms with Crippen molar-refractivity contribution in [3.63, 3.8) is 0 Å². The first-order chi connectivity index (χ1) is 12.4. The lowest BCUT2D eigenvalue weighted by molar-refractivity contribution is -0.129. The van der Waals surface area contributed by atoms with Crippen molar-refractivity contribution in [1.82, 2.24) is 19.4 Å². The lowest BCUT2D eigenvalue weighted by Gasteiger charge is -2.13. The molecule has 0 bridgehead atoms. The molecule has 2 amide bonds. The van der Waals surface area contributed by atoms with E-state index in [0.717, 1.165) is 0 Å². The number of pyridine rings is 1. The summed E-state index contributed by atoms with van der Waals surface area (Å²) in [6, 6.07) is 7.09. The minimum Gasteiger partial charge on any atom is -0.360 e. The summed E-state index contributed by atoms with van der Waals surface area (Å²) >= 11 is 6.12. The first-order valence-corrected chi connectivity index (χ1v) is 8.11. The van der Waals surface area contributed by atoms with Gasteiger partial charge in [-0.2, -0.15) is 0 Å². The highest BCUT2D eigenvalue weighted by atomic mass is 35.5. The summed E-state index contributed by atoms with van der Waals surface area (Å²) in [4.78, 5) is 29.7. The van der Waals surface area contributed by atoms with Crippen LogP contribution in [0.5, 0.6) is 0 Å². The molecule has 26 heavy (non-hydrogen) atoms. The van der Waals surface area contributed by atoms with E-state index in [4.69, 9.17) is 16.1 Å². The second-order valence-corrected chi connectivity index (χ2v) is 5.97. The number of rotatable bonds is 5. The molecule has 0 saturated heterocycles. The van der Waals surface area contributed by atoms with Gasteiger partial charge >= 0.3 is 0 Å². The molecule has 9 heteroatoms. The predicted octanol–water partition coefficient (Wildman–Crippen LogP) is 2.39. The van der Waals surface area contributed by atoms with Crippen LogP contribution < -0.4 is 5.32 Å². The highest BCUT2D eigenvalue weighted by Gasteiger charge is 2.13. The van der Waals surface area contributed by atoms with E-state index in [0.29, 0.717) is 28.1 Å². The largest absolute Gasteiger partial charge is 0.360 e. The van der Waals surface area contributed by atoms with E-state index in [1.54, 1.807) is 29.7 Å². The van der Waals surface area contributed by atoms with Gasteiger partial charge in [0.05, 0.1) is 12.2 Å². The van der Waals surface area contributed by atoms with Crippen molar-refractivity contribution >= 4 is 41.0 Å². The van der Waals surface area contributed by atoms with Gasteiger partial charge in [0, 0.05) is 25.4 Å². The maximum Gasteiger partial charge on any atom is 0.246 e. The summed E-state index contributed by atoms with van der Waals surface area (Å²) in [6.45, 7) is 1.59. The van der Waals surface area contributed by atoms with Gasteiger partial charge in [-0.05, 0) is 25.1 Å². The zero-order chi connectivity index (χ0) is 18.7. The zero-order valence-corrected chi connectivity index (χ0v) is 14.9. The summed E-state index contributed by atoms with van der Waals surface area (Å²) in [5.41, 5.74) is 1.27. The Morgan fingerprint density at radius 1 is 1.42 bits per heavy atom. The average Bonchev–Trinajstić information content (AvgIpc) is 3.14. The van der Waals surface area contributed by atoms with E-state index in [9.17, 15) is 9.59 Å². The number of likely N-dealkylation sites (N-methyl/N-ethyl adjacent to an activating group) is 1. The van der Waals surface area contributed by atoms with Gasteiger partial charge in [0.15, 0.2) is 11.0 Å². The third kappa shape index (κ3) is 3.92. The van der Waals surface area contributed by atoms with Crippen molar-refractivity contribution in [2.75, 3.05) is 18.9 Å². The smallest absolute Gasteiger partial charge is 0.246 e. The highest BCUT2D eigenvalue weighted by Crippen LogP contribution is 2.18. The van der Waals surface area contributed by atoms with Gasteiger partial charge in [-0.3, -0.25) is 14.0 Å². The monoisotopic (exact) mass is 373 g/mol. The Hall–Kier alpha value is -3.13. The quantitative estimate of drug-likeness (QED) is 0.693. The van der Waals surface area contributed by atoms with Crippen molar-refractivity contribution in [3.8, 4) is 0 Å². The van der Waals surface area contributed by atoms with E-state index in [2.05, 4.69) is 15.5 Å². The molecule has 0 spiro atoms. The van der Waals surface area contributed by atoms with Crippen LogP contribution in [0.15, 0.2) is 41.1 Å². The molecule has 0 fully saturated rings. The molecule has 0 aliphatic carbocycles. The second kappa shape index (κ2) is 7.40. The van der Waals surface area contributed by atoms with Gasteiger partial charge in [-0.1, -0.05) is 22.8 Å². The van der Waals surface area contributed by atoms with Crippen LogP contribution in [0.25, 0.3) is 11.7 Å². The molecule has 3 aromatic heterocycles. The molecule has 3 aromatic rings. The number of amides is 2. The first kappa shape index (κ1) is 17.7. The Kier molecular flexibility index (Phi) is 5.04. The fraction of sp³-hybridized carbons (Fsp3) is 0.176. The van der Waals surface area contributed by atoms with Crippen LogP contribution in [-0.4, -0.2) is 44.8 Å². The number of halogens is 1. The lowest BCUT2D eigenvalue weighted by Crippen LogP contribution is -2.33. The van der Waals surface area contributed by atoms with Crippen LogP contribution >= 0.6 is 11.6 Å². The Labute approximate surface area is 154 Å². The Bertz CT molecular complexity index is 991. The highest BCUT2D eigenvalue weighted by molar-refractivity contribution is 6.31. The van der Waals surface area contributed by atoms with Crippen molar-refractivity contribution in [3.05, 3.63) is 53.1 Å². The average molecular weight is 374 g/mol. The van der Waals surface area contributed by atoms with Crippen molar-refractivity contribution in [2.45, 2.75) is 6.92 Å². The third-order valence-corrected chi connectivity index (χ3v) is 3.84. The van der Waals surface area contributed by atoms with Gasteiger partial charge in [0.25, 0.3) is 0 Å². The van der Waals surface area contributed by atoms with Crippen LogP contribution in [0.4, 0.5) is 5.82 Å². The SMILES string of the molecule is Cc1cc(NC(=O)CN(C)C(=O)/C=C/c2c(Cl)nc3ccccn23)no1. The molecule has 8 nitrogen and oxygen atoms in total. The van der Waals surface area contributed by atoms with Crippen LogP contribution in [0.1, 0.15) is 11.5 Å². The molecule has 0 radical (unpaired) electrons. The van der Waals surface area contributed by atoms with E-state index < -0.39 is 0 Å². The van der Waals surface area contributed by atoms with E-state index in [1.807, 2.05) is 18.2 Å². The minimum atomic E-state index is -0.379. The summed E-state index contributed by atoms with van der Waals surface area (Å²) < 4.78 is 6.64. The number of anilines is 1. The zero-order valence-electron chi connectivity index (χ0n) is 14.1. The third-order valence-electron chi connectivity index (χ3n) is 3.56. The molecule has 3 rings (SSSR count). The molecule has 0 unspecified atom stereocenters. The molecular formula is C17H16ClN5O3. The maximum atomic E-state index is 12.2. The fourth-order valence-corrected chi connectivity index (χ4v) is 2.55. The van der Waals surface area contributed by atoms with Crippen LogP contribution in [0.2, 0.25) is 5.15 Å². The van der Waals surface area contributed by atoms with Gasteiger partial charge in [-0.15, -0.1) is 0 Å². The van der Waals surface area contributed by atoms with Gasteiger partial charge in [-0.25, -0.2) is 4.98 Å². The van der Waals surface area contributed by atoms with E-state index >= 15 is 0 Å². The number of carbonyl (C=O) groups is 2. The van der Waals surface area contributed by atoms with Gasteiger partial charge in [0.1, 0.15) is 11.4 Å². The van der Waals surface area contributed by atoms with Gasteiger partial charge in [0.2, 0.25) is 11.8 Å². The standard InChI is InChI=1S/C17H16ClN5O3/c1-11-9-13(21-26-11)19-15(24)10-22(2)16(25)7-6-12-17(18)20-14-5-3-4-8-23(12)14/h3-9H,10H2,1-2H3,(H,19,21,24)/b7-6+. The fourth-order valence-electron chi connectivity index (χ4n) is 2.31. The summed E-state index contributed by atoms with van der Waals surface area (Å²) in [5.74, 6) is 0.160. The number of imidazole rings is 1. The van der Waals surface area contributed by atoms with E-state index in [1.165, 1.54) is 18.0 Å². The van der Waals surface area contributed by atoms with Crippen LogP contribution in [-0.2, 0) is 9.59 Å². The Morgan fingerprint density at radius 3 is 2.96 bits per heavy atom. The number of carbonyl (C=O) groups excluding carboxylic acids is 2. The van der Waals surface area contributed by atoms with Gasteiger partial charge < -0.3 is 14.7 Å². The normalized spacial score (nSPS) is 11.2. The Morgan fingerprint density at radius 2 is 2.23 bits per heavy atom. The molecule has 3 heterocycles. The number of aromatic nitrogens is 3. The second-order valence-electron chi connectivity index (χ2n) is 5.62. The first-order valence-electron chi connectivity index (χ1n) is 7.73. The topological polar surface area (TPSA) is 92.7 Å². The van der Waals surface area contributed by atoms with Crippen LogP contribution in [0.3, 0.4) is 0 Å². The predicted molar refractivity (Wildman–Crippen MR) is 96.7 cm³/mol. The molecule has 0 saturated carbocycles. The molecular weight excluding hydrogens is 358 g/mol. The molecule has 0 aromatic carbocycles. The molecule has 0 aliphatic rings. The Balaban J connectivity index is 1.64. The number of nitrogens with one attached hydrogen (secondary N) is 1. The molecule has 0 aliphatic heterocycles. The number of hydrogen-bond donors (Lipinski definition) is 1. The number of nitrogens with zero attached hydrogens (tertiary/aromatic N) is 4. The number of fused-ring (bicyclic) bond motifs is 1. The van der Waals surface area contributed by atoms with Crippen molar-refractivity contribution in [1.29, 1.82) is 0 Å². The lowest BCUT2D eigenvalue weighted by atomic mass is 10.3. The molecule has 0 atom stereocenters. The van der Waals surface area contributed by atoms with E-state index in [-0.39, 0.29) is 18.4 Å². The van der Waals surface area contributed by atoms with Crippen molar-refractivity contribution < 1.29 is 14.1 Å². The number of aryl methyl sites for hydroxylation is 1. The van der Waals surface area contributed by atoms with Crippen molar-refractivity contribution in [2.24, 2.45) is 0 Å². The number of hydrogen-bond acceptors (Lipinski definition) is 5. The molecule has 1 N–H and O–H groups in total.